The molecule has 3 heterocycles. The van der Waals surface area contributed by atoms with Crippen LogP contribution in [0.4, 0.5) is 0 Å². The molecule has 1 unspecified atom stereocenters. The van der Waals surface area contributed by atoms with E-state index in [2.05, 4.69) is 22.1 Å². The molecule has 0 N–H and O–H groups in total. The Hall–Kier alpha value is -1.67. The van der Waals surface area contributed by atoms with E-state index >= 15 is 0 Å². The molecule has 3 aromatic rings. The fourth-order valence-corrected chi connectivity index (χ4v) is 5.76. The van der Waals surface area contributed by atoms with Gasteiger partial charge in [-0.25, -0.2) is 4.98 Å². The van der Waals surface area contributed by atoms with E-state index in [1.165, 1.54) is 28.6 Å². The molecule has 1 aliphatic rings. The van der Waals surface area contributed by atoms with Gasteiger partial charge in [0.2, 0.25) is 5.91 Å². The number of carbonyl (C=O) groups is 1. The lowest BCUT2D eigenvalue weighted by atomic mass is 9.89. The van der Waals surface area contributed by atoms with Gasteiger partial charge in [-0.15, -0.1) is 21.5 Å². The van der Waals surface area contributed by atoms with E-state index in [4.69, 9.17) is 0 Å². The van der Waals surface area contributed by atoms with Crippen LogP contribution in [-0.2, 0) is 17.6 Å². The zero-order chi connectivity index (χ0) is 18.3. The first-order valence-corrected chi connectivity index (χ1v) is 11.0. The fraction of sp³-hybridized carbons (Fsp3) is 0.556. The molecule has 6 nitrogen and oxygen atoms in total. The van der Waals surface area contributed by atoms with Crippen LogP contribution in [0.1, 0.15) is 37.6 Å². The summed E-state index contributed by atoms with van der Waals surface area (Å²) in [5.74, 6) is 1.24. The first-order chi connectivity index (χ1) is 12.6. The maximum Gasteiger partial charge on any atom is 0.233 e. The van der Waals surface area contributed by atoms with E-state index in [1.54, 1.807) is 17.7 Å². The number of rotatable bonds is 5. The number of nitrogens with zero attached hydrogens (tertiary/aromatic N) is 5. The average molecular weight is 390 g/mol. The molecule has 1 aliphatic carbocycles. The summed E-state index contributed by atoms with van der Waals surface area (Å²) in [6.07, 6.45) is 5.24. The first kappa shape index (κ1) is 17.7. The minimum absolute atomic E-state index is 0.132. The highest BCUT2D eigenvalue weighted by Gasteiger charge is 2.24. The van der Waals surface area contributed by atoms with E-state index in [0.29, 0.717) is 5.75 Å². The molecule has 3 aromatic heterocycles. The smallest absolute Gasteiger partial charge is 0.233 e. The lowest BCUT2D eigenvalue weighted by Crippen LogP contribution is -2.31. The normalized spacial score (nSPS) is 17.0. The Kier molecular flexibility index (Phi) is 4.88. The minimum Gasteiger partial charge on any atom is -0.343 e. The molecule has 0 aromatic carbocycles. The molecule has 0 bridgehead atoms. The van der Waals surface area contributed by atoms with Crippen LogP contribution in [0.5, 0.6) is 0 Å². The largest absolute Gasteiger partial charge is 0.343 e. The van der Waals surface area contributed by atoms with Crippen molar-refractivity contribution in [2.45, 2.75) is 45.2 Å². The molecule has 0 spiro atoms. The molecule has 0 radical (unpaired) electrons. The summed E-state index contributed by atoms with van der Waals surface area (Å²) in [6.45, 7) is 7.78. The third kappa shape index (κ3) is 2.99. The van der Waals surface area contributed by atoms with Gasteiger partial charge in [-0.1, -0.05) is 18.7 Å². The molecular formula is C18H23N5OS2. The van der Waals surface area contributed by atoms with E-state index in [9.17, 15) is 4.79 Å². The lowest BCUT2D eigenvalue weighted by molar-refractivity contribution is -0.127. The van der Waals surface area contributed by atoms with Crippen molar-refractivity contribution < 1.29 is 4.79 Å². The minimum atomic E-state index is 0.132. The fourth-order valence-electron chi connectivity index (χ4n) is 3.61. The van der Waals surface area contributed by atoms with E-state index in [-0.39, 0.29) is 5.91 Å². The van der Waals surface area contributed by atoms with Gasteiger partial charge in [-0.3, -0.25) is 9.20 Å². The molecule has 0 saturated carbocycles. The molecule has 0 aliphatic heterocycles. The van der Waals surface area contributed by atoms with Gasteiger partial charge in [-0.2, -0.15) is 0 Å². The molecular weight excluding hydrogens is 366 g/mol. The monoisotopic (exact) mass is 389 g/mol. The van der Waals surface area contributed by atoms with E-state index in [1.807, 2.05) is 23.1 Å². The number of aromatic nitrogens is 4. The highest BCUT2D eigenvalue weighted by Crippen LogP contribution is 2.39. The number of hydrogen-bond acceptors (Lipinski definition) is 6. The van der Waals surface area contributed by atoms with Crippen LogP contribution < -0.4 is 0 Å². The maximum absolute atomic E-state index is 12.3. The highest BCUT2D eigenvalue weighted by atomic mass is 32.2. The van der Waals surface area contributed by atoms with Gasteiger partial charge in [0.15, 0.2) is 10.8 Å². The number of thioether (sulfide) groups is 1. The van der Waals surface area contributed by atoms with Gasteiger partial charge in [0, 0.05) is 18.0 Å². The number of fused-ring (bicyclic) bond motifs is 5. The second-order valence-corrected chi connectivity index (χ2v) is 8.83. The predicted octanol–water partition coefficient (Wildman–Crippen LogP) is 3.42. The molecule has 4 rings (SSSR count). The number of aryl methyl sites for hydroxylation is 1. The summed E-state index contributed by atoms with van der Waals surface area (Å²) >= 11 is 3.23. The predicted molar refractivity (Wildman–Crippen MR) is 106 cm³/mol. The zero-order valence-corrected chi connectivity index (χ0v) is 17.0. The van der Waals surface area contributed by atoms with Crippen molar-refractivity contribution in [2.24, 2.45) is 5.92 Å². The summed E-state index contributed by atoms with van der Waals surface area (Å²) in [5.41, 5.74) is 2.28. The molecule has 1 amide bonds. The standard InChI is InChI=1S/C18H23N5OS2/c1-4-22(5-2)14(24)9-25-18-21-20-16-15-12-7-6-11(3)8-13(12)26-17(15)19-10-23(16)18/h10-11H,4-9H2,1-3H3. The van der Waals surface area contributed by atoms with E-state index in [0.717, 1.165) is 52.9 Å². The molecule has 1 atom stereocenters. The second kappa shape index (κ2) is 7.15. The second-order valence-electron chi connectivity index (χ2n) is 6.81. The Bertz CT molecular complexity index is 959. The number of amides is 1. The van der Waals surface area contributed by atoms with E-state index < -0.39 is 0 Å². The summed E-state index contributed by atoms with van der Waals surface area (Å²) in [7, 11) is 0. The number of carbonyl (C=O) groups excluding carboxylic acids is 1. The molecule has 8 heteroatoms. The number of thiophene rings is 1. The first-order valence-electron chi connectivity index (χ1n) is 9.16. The van der Waals surface area contributed by atoms with Crippen LogP contribution in [0.15, 0.2) is 11.5 Å². The molecule has 0 fully saturated rings. The van der Waals surface area contributed by atoms with Crippen LogP contribution in [0, 0.1) is 5.92 Å². The van der Waals surface area contributed by atoms with Gasteiger partial charge in [-0.05, 0) is 44.6 Å². The van der Waals surface area contributed by atoms with Gasteiger partial charge in [0.05, 0.1) is 11.1 Å². The Labute approximate surface area is 161 Å². The lowest BCUT2D eigenvalue weighted by Gasteiger charge is -2.17. The summed E-state index contributed by atoms with van der Waals surface area (Å²) in [6, 6.07) is 0. The van der Waals surface area contributed by atoms with Crippen molar-refractivity contribution in [3.05, 3.63) is 16.8 Å². The molecule has 26 heavy (non-hydrogen) atoms. The van der Waals surface area contributed by atoms with Crippen molar-refractivity contribution in [3.8, 4) is 0 Å². The van der Waals surface area contributed by atoms with Crippen LogP contribution in [0.3, 0.4) is 0 Å². The Balaban J connectivity index is 1.66. The molecule has 138 valence electrons. The third-order valence-electron chi connectivity index (χ3n) is 5.11. The molecule has 0 saturated heterocycles. The van der Waals surface area contributed by atoms with Gasteiger partial charge in [0.25, 0.3) is 0 Å². The SMILES string of the molecule is CCN(CC)C(=O)CSc1nnc2c3c4c(sc3ncn12)CC(C)CC4. The third-order valence-corrected chi connectivity index (χ3v) is 7.20. The van der Waals surface area contributed by atoms with Crippen molar-refractivity contribution in [1.82, 2.24) is 24.5 Å². The number of hydrogen-bond donors (Lipinski definition) is 0. The highest BCUT2D eigenvalue weighted by molar-refractivity contribution is 7.99. The van der Waals surface area contributed by atoms with Crippen molar-refractivity contribution in [1.29, 1.82) is 0 Å². The Morgan fingerprint density at radius 3 is 2.96 bits per heavy atom. The van der Waals surface area contributed by atoms with Crippen LogP contribution in [-0.4, -0.2) is 49.2 Å². The van der Waals surface area contributed by atoms with Crippen molar-refractivity contribution in [3.63, 3.8) is 0 Å². The van der Waals surface area contributed by atoms with Crippen molar-refractivity contribution >= 4 is 44.9 Å². The van der Waals surface area contributed by atoms with Crippen LogP contribution in [0.25, 0.3) is 15.9 Å². The summed E-state index contributed by atoms with van der Waals surface area (Å²) in [4.78, 5) is 21.3. The van der Waals surface area contributed by atoms with Gasteiger partial charge in [0.1, 0.15) is 11.2 Å². The quantitative estimate of drug-likeness (QED) is 0.626. The summed E-state index contributed by atoms with van der Waals surface area (Å²) in [5, 5.41) is 10.7. The topological polar surface area (TPSA) is 63.4 Å². The van der Waals surface area contributed by atoms with Gasteiger partial charge < -0.3 is 4.90 Å². The maximum atomic E-state index is 12.3. The van der Waals surface area contributed by atoms with Gasteiger partial charge >= 0.3 is 0 Å². The van der Waals surface area contributed by atoms with Crippen LogP contribution in [0.2, 0.25) is 0 Å². The zero-order valence-electron chi connectivity index (χ0n) is 15.4. The van der Waals surface area contributed by atoms with Crippen LogP contribution >= 0.6 is 23.1 Å². The average Bonchev–Trinajstić information content (AvgIpc) is 3.20. The Morgan fingerprint density at radius 1 is 1.38 bits per heavy atom. The Morgan fingerprint density at radius 2 is 2.19 bits per heavy atom. The van der Waals surface area contributed by atoms with Crippen molar-refractivity contribution in [2.75, 3.05) is 18.8 Å². The summed E-state index contributed by atoms with van der Waals surface area (Å²) < 4.78 is 1.94.